The molecule has 0 saturated carbocycles. The van der Waals surface area contributed by atoms with E-state index >= 15 is 0 Å². The van der Waals surface area contributed by atoms with Crippen LogP contribution >= 0.6 is 22.6 Å². The van der Waals surface area contributed by atoms with Gasteiger partial charge in [-0.1, -0.05) is 42.4 Å². The van der Waals surface area contributed by atoms with Crippen LogP contribution in [-0.4, -0.2) is 16.8 Å². The van der Waals surface area contributed by atoms with Gasteiger partial charge >= 0.3 is 12.4 Å². The summed E-state index contributed by atoms with van der Waals surface area (Å²) in [7, 11) is 0. The molecule has 92 valence electrons. The Morgan fingerprint density at radius 1 is 0.933 bits per heavy atom. The summed E-state index contributed by atoms with van der Waals surface area (Å²) in [4.78, 5) is 0. The topological polar surface area (TPSA) is 0 Å². The molecule has 0 heterocycles. The molecule has 0 aliphatic rings. The van der Waals surface area contributed by atoms with Gasteiger partial charge in [0, 0.05) is 4.43 Å². The first-order chi connectivity index (χ1) is 6.62. The van der Waals surface area contributed by atoms with E-state index in [0.717, 1.165) is 22.6 Å². The predicted octanol–water partition coefficient (Wildman–Crippen LogP) is 4.72. The lowest BCUT2D eigenvalue weighted by atomic mass is 9.83. The van der Waals surface area contributed by atoms with E-state index in [4.69, 9.17) is 0 Å². The maximum atomic E-state index is 12.5. The fourth-order valence-electron chi connectivity index (χ4n) is 1.14. The maximum Gasteiger partial charge on any atom is 0.403 e. The van der Waals surface area contributed by atoms with Crippen LogP contribution in [-0.2, 0) is 0 Å². The molecule has 0 aliphatic carbocycles. The van der Waals surface area contributed by atoms with Crippen molar-refractivity contribution in [2.45, 2.75) is 38.5 Å². The molecule has 0 rings (SSSR count). The van der Waals surface area contributed by atoms with Gasteiger partial charge in [0.25, 0.3) is 0 Å². The van der Waals surface area contributed by atoms with Crippen molar-refractivity contribution in [1.29, 1.82) is 0 Å². The SMILES string of the molecule is CCCCC(CI)(C(F)(F)F)C(F)(F)F. The third kappa shape index (κ3) is 3.13. The molecular weight excluding hydrogens is 337 g/mol. The molecule has 0 amide bonds. The zero-order valence-corrected chi connectivity index (χ0v) is 10.1. The average Bonchev–Trinajstić information content (AvgIpc) is 2.01. The fraction of sp³-hybridized carbons (Fsp3) is 1.00. The molecule has 0 N–H and O–H groups in total. The van der Waals surface area contributed by atoms with Crippen molar-refractivity contribution in [2.24, 2.45) is 5.41 Å². The third-order valence-electron chi connectivity index (χ3n) is 2.27. The molecule has 0 aromatic carbocycles. The number of hydrogen-bond donors (Lipinski definition) is 0. The van der Waals surface area contributed by atoms with Crippen LogP contribution in [0.15, 0.2) is 0 Å². The summed E-state index contributed by atoms with van der Waals surface area (Å²) in [5.74, 6) is 0. The van der Waals surface area contributed by atoms with Crippen molar-refractivity contribution < 1.29 is 26.3 Å². The van der Waals surface area contributed by atoms with Crippen molar-refractivity contribution in [3.05, 3.63) is 0 Å². The van der Waals surface area contributed by atoms with E-state index in [1.807, 2.05) is 0 Å². The second kappa shape index (κ2) is 5.09. The van der Waals surface area contributed by atoms with E-state index in [9.17, 15) is 26.3 Å². The summed E-state index contributed by atoms with van der Waals surface area (Å²) in [6, 6.07) is 0. The normalized spacial score (nSPS) is 14.4. The van der Waals surface area contributed by atoms with Crippen LogP contribution < -0.4 is 0 Å². The minimum Gasteiger partial charge on any atom is -0.170 e. The van der Waals surface area contributed by atoms with Gasteiger partial charge in [0.2, 0.25) is 0 Å². The van der Waals surface area contributed by atoms with Gasteiger partial charge in [-0.3, -0.25) is 0 Å². The Kier molecular flexibility index (Phi) is 5.20. The monoisotopic (exact) mass is 348 g/mol. The number of alkyl halides is 7. The molecule has 7 heteroatoms. The van der Waals surface area contributed by atoms with Crippen molar-refractivity contribution >= 4 is 22.6 Å². The highest BCUT2D eigenvalue weighted by Gasteiger charge is 2.69. The van der Waals surface area contributed by atoms with E-state index in [1.54, 1.807) is 6.92 Å². The Labute approximate surface area is 97.5 Å². The van der Waals surface area contributed by atoms with Gasteiger partial charge in [0.15, 0.2) is 5.41 Å². The van der Waals surface area contributed by atoms with Gasteiger partial charge in [-0.25, -0.2) is 0 Å². The molecule has 0 nitrogen and oxygen atoms in total. The first kappa shape index (κ1) is 15.3. The molecule has 0 bridgehead atoms. The molecule has 0 spiro atoms. The van der Waals surface area contributed by atoms with Crippen LogP contribution in [0.2, 0.25) is 0 Å². The Hall–Kier alpha value is 0.310. The Morgan fingerprint density at radius 2 is 1.33 bits per heavy atom. The van der Waals surface area contributed by atoms with Crippen LogP contribution in [0.1, 0.15) is 26.2 Å². The molecule has 0 aliphatic heterocycles. The number of hydrogen-bond acceptors (Lipinski definition) is 0. The van der Waals surface area contributed by atoms with Crippen LogP contribution in [0, 0.1) is 5.41 Å². The van der Waals surface area contributed by atoms with Crippen LogP contribution in [0.25, 0.3) is 0 Å². The largest absolute Gasteiger partial charge is 0.403 e. The second-order valence-electron chi connectivity index (χ2n) is 3.31. The first-order valence-electron chi connectivity index (χ1n) is 4.32. The smallest absolute Gasteiger partial charge is 0.170 e. The number of halogens is 7. The lowest BCUT2D eigenvalue weighted by Crippen LogP contribution is -2.51. The van der Waals surface area contributed by atoms with Gasteiger partial charge in [0.1, 0.15) is 0 Å². The number of rotatable bonds is 4. The van der Waals surface area contributed by atoms with Crippen LogP contribution in [0.3, 0.4) is 0 Å². The third-order valence-corrected chi connectivity index (χ3v) is 3.57. The summed E-state index contributed by atoms with van der Waals surface area (Å²) < 4.78 is 73.8. The molecule has 15 heavy (non-hydrogen) atoms. The minimum atomic E-state index is -5.23. The van der Waals surface area contributed by atoms with Gasteiger partial charge in [0.05, 0.1) is 0 Å². The number of unbranched alkanes of at least 4 members (excludes halogenated alkanes) is 1. The predicted molar refractivity (Wildman–Crippen MR) is 53.0 cm³/mol. The van der Waals surface area contributed by atoms with E-state index < -0.39 is 28.6 Å². The highest BCUT2D eigenvalue weighted by atomic mass is 127. The Balaban J connectivity index is 5.13. The summed E-state index contributed by atoms with van der Waals surface area (Å²) in [5, 5.41) is 0. The zero-order chi connectivity index (χ0) is 12.3. The molecule has 0 aromatic heterocycles. The van der Waals surface area contributed by atoms with Crippen molar-refractivity contribution in [3.8, 4) is 0 Å². The summed E-state index contributed by atoms with van der Waals surface area (Å²) in [6.45, 7) is 1.56. The Bertz CT molecular complexity index is 180. The van der Waals surface area contributed by atoms with Crippen molar-refractivity contribution in [2.75, 3.05) is 4.43 Å². The highest BCUT2D eigenvalue weighted by molar-refractivity contribution is 14.1. The maximum absolute atomic E-state index is 12.5. The molecule has 0 fully saturated rings. The lowest BCUT2D eigenvalue weighted by Gasteiger charge is -2.35. The highest BCUT2D eigenvalue weighted by Crippen LogP contribution is 2.54. The summed E-state index contributed by atoms with van der Waals surface area (Å²) in [6.07, 6.45) is -11.1. The van der Waals surface area contributed by atoms with E-state index in [2.05, 4.69) is 0 Å². The van der Waals surface area contributed by atoms with E-state index in [0.29, 0.717) is 6.42 Å². The summed E-state index contributed by atoms with van der Waals surface area (Å²) in [5.41, 5.74) is -3.55. The molecular formula is C8H11F6I. The molecule has 0 saturated heterocycles. The van der Waals surface area contributed by atoms with Crippen LogP contribution in [0.5, 0.6) is 0 Å². The van der Waals surface area contributed by atoms with Gasteiger partial charge in [-0.05, 0) is 6.42 Å². The van der Waals surface area contributed by atoms with Gasteiger partial charge in [-0.15, -0.1) is 0 Å². The molecule has 0 unspecified atom stereocenters. The standard InChI is InChI=1S/C8H11F6I/c1-2-3-4-6(5-15,7(9,10)11)8(12,13)14/h2-5H2,1H3. The molecule has 0 radical (unpaired) electrons. The van der Waals surface area contributed by atoms with Gasteiger partial charge in [-0.2, -0.15) is 26.3 Å². The van der Waals surface area contributed by atoms with Crippen molar-refractivity contribution in [3.63, 3.8) is 0 Å². The van der Waals surface area contributed by atoms with Crippen molar-refractivity contribution in [1.82, 2.24) is 0 Å². The first-order valence-corrected chi connectivity index (χ1v) is 5.84. The molecule has 0 aromatic rings. The zero-order valence-electron chi connectivity index (χ0n) is 7.97. The summed E-state index contributed by atoms with van der Waals surface area (Å²) >= 11 is 1.15. The van der Waals surface area contributed by atoms with E-state index in [1.165, 1.54) is 0 Å². The quantitative estimate of drug-likeness (QED) is 0.392. The van der Waals surface area contributed by atoms with E-state index in [-0.39, 0.29) is 6.42 Å². The average molecular weight is 348 g/mol. The lowest BCUT2D eigenvalue weighted by molar-refractivity contribution is -0.333. The van der Waals surface area contributed by atoms with Crippen LogP contribution in [0.4, 0.5) is 26.3 Å². The molecule has 0 atom stereocenters. The van der Waals surface area contributed by atoms with Gasteiger partial charge < -0.3 is 0 Å². The second-order valence-corrected chi connectivity index (χ2v) is 4.08. The fourth-order valence-corrected chi connectivity index (χ4v) is 2.39. The Morgan fingerprint density at radius 3 is 1.53 bits per heavy atom. The minimum absolute atomic E-state index is 0.0813.